The second kappa shape index (κ2) is 6.45. The number of halogens is 1. The van der Waals surface area contributed by atoms with Crippen LogP contribution in [0.1, 0.15) is 47.4 Å². The molecule has 1 aromatic heterocycles. The van der Waals surface area contributed by atoms with Crippen LogP contribution < -0.4 is 5.73 Å². The highest BCUT2D eigenvalue weighted by Crippen LogP contribution is 2.30. The van der Waals surface area contributed by atoms with E-state index in [9.17, 15) is 4.79 Å². The summed E-state index contributed by atoms with van der Waals surface area (Å²) in [6, 6.07) is 10.1. The van der Waals surface area contributed by atoms with Crippen LogP contribution in [0.5, 0.6) is 0 Å². The molecule has 1 saturated heterocycles. The van der Waals surface area contributed by atoms with Gasteiger partial charge >= 0.3 is 0 Å². The zero-order chi connectivity index (χ0) is 16.6. The number of aromatic amines is 1. The van der Waals surface area contributed by atoms with Gasteiger partial charge in [0.1, 0.15) is 0 Å². The van der Waals surface area contributed by atoms with E-state index >= 15 is 0 Å². The van der Waals surface area contributed by atoms with Gasteiger partial charge in [0.2, 0.25) is 0 Å². The third kappa shape index (κ3) is 3.05. The SMILES string of the molecule is CC(C)c1[nH]nc(C(=O)N2C[C@@H](N)[C@H](c3ccccc3)C2)c1Br. The van der Waals surface area contributed by atoms with Crippen LogP contribution in [-0.4, -0.2) is 40.1 Å². The van der Waals surface area contributed by atoms with Gasteiger partial charge in [-0.2, -0.15) is 5.10 Å². The monoisotopic (exact) mass is 376 g/mol. The molecule has 0 radical (unpaired) electrons. The van der Waals surface area contributed by atoms with E-state index in [0.29, 0.717) is 18.8 Å². The fourth-order valence-electron chi connectivity index (χ4n) is 3.06. The fraction of sp³-hybridized carbons (Fsp3) is 0.412. The minimum absolute atomic E-state index is 0.0522. The maximum Gasteiger partial charge on any atom is 0.275 e. The summed E-state index contributed by atoms with van der Waals surface area (Å²) < 4.78 is 0.759. The smallest absolute Gasteiger partial charge is 0.275 e. The Balaban J connectivity index is 1.80. The van der Waals surface area contributed by atoms with E-state index in [-0.39, 0.29) is 23.8 Å². The Labute approximate surface area is 144 Å². The van der Waals surface area contributed by atoms with Crippen LogP contribution >= 0.6 is 15.9 Å². The lowest BCUT2D eigenvalue weighted by Gasteiger charge is -2.15. The van der Waals surface area contributed by atoms with Crippen LogP contribution in [-0.2, 0) is 0 Å². The molecule has 1 fully saturated rings. The number of rotatable bonds is 3. The molecule has 0 spiro atoms. The molecule has 3 N–H and O–H groups in total. The van der Waals surface area contributed by atoms with Gasteiger partial charge in [-0.3, -0.25) is 9.89 Å². The largest absolute Gasteiger partial charge is 0.335 e. The first-order chi connectivity index (χ1) is 11.0. The Morgan fingerprint density at radius 2 is 2.04 bits per heavy atom. The van der Waals surface area contributed by atoms with Crippen molar-refractivity contribution in [1.82, 2.24) is 15.1 Å². The lowest BCUT2D eigenvalue weighted by molar-refractivity contribution is 0.0782. The second-order valence-electron chi connectivity index (χ2n) is 6.35. The number of benzene rings is 1. The number of H-pyrrole nitrogens is 1. The molecule has 1 aromatic carbocycles. The summed E-state index contributed by atoms with van der Waals surface area (Å²) in [7, 11) is 0. The summed E-state index contributed by atoms with van der Waals surface area (Å²) >= 11 is 3.50. The molecule has 1 aliphatic rings. The number of likely N-dealkylation sites (tertiary alicyclic amines) is 1. The lowest BCUT2D eigenvalue weighted by atomic mass is 9.95. The Morgan fingerprint density at radius 1 is 1.35 bits per heavy atom. The van der Waals surface area contributed by atoms with Crippen LogP contribution in [0.4, 0.5) is 0 Å². The average Bonchev–Trinajstić information content (AvgIpc) is 3.11. The zero-order valence-electron chi connectivity index (χ0n) is 13.3. The van der Waals surface area contributed by atoms with Gasteiger partial charge < -0.3 is 10.6 Å². The molecule has 23 heavy (non-hydrogen) atoms. The minimum atomic E-state index is -0.0751. The molecule has 2 aromatic rings. The number of carbonyl (C=O) groups is 1. The summed E-state index contributed by atoms with van der Waals surface area (Å²) in [4.78, 5) is 14.6. The molecular formula is C17H21BrN4O. The molecule has 1 amide bonds. The number of aromatic nitrogens is 2. The van der Waals surface area contributed by atoms with Gasteiger partial charge in [0.15, 0.2) is 5.69 Å². The van der Waals surface area contributed by atoms with E-state index in [1.54, 1.807) is 4.90 Å². The zero-order valence-corrected chi connectivity index (χ0v) is 14.9. The molecule has 3 rings (SSSR count). The highest BCUT2D eigenvalue weighted by Gasteiger charge is 2.36. The minimum Gasteiger partial charge on any atom is -0.335 e. The first-order valence-electron chi connectivity index (χ1n) is 7.82. The normalized spacial score (nSPS) is 21.2. The summed E-state index contributed by atoms with van der Waals surface area (Å²) in [5, 5.41) is 7.16. The number of hydrogen-bond acceptors (Lipinski definition) is 3. The summed E-state index contributed by atoms with van der Waals surface area (Å²) in [5.41, 5.74) is 8.84. The molecule has 0 aliphatic carbocycles. The highest BCUT2D eigenvalue weighted by atomic mass is 79.9. The molecule has 2 heterocycles. The molecule has 0 saturated carbocycles. The number of hydrogen-bond donors (Lipinski definition) is 2. The molecule has 6 heteroatoms. The van der Waals surface area contributed by atoms with Crippen molar-refractivity contribution in [2.24, 2.45) is 5.73 Å². The third-order valence-corrected chi connectivity index (χ3v) is 5.20. The van der Waals surface area contributed by atoms with Gasteiger partial charge in [-0.25, -0.2) is 0 Å². The summed E-state index contributed by atoms with van der Waals surface area (Å²) in [5.74, 6) is 0.368. The lowest BCUT2D eigenvalue weighted by Crippen LogP contribution is -2.32. The fourth-order valence-corrected chi connectivity index (χ4v) is 3.87. The quantitative estimate of drug-likeness (QED) is 0.864. The topological polar surface area (TPSA) is 75.0 Å². The predicted octanol–water partition coefficient (Wildman–Crippen LogP) is 2.86. The van der Waals surface area contributed by atoms with Gasteiger partial charge in [0.25, 0.3) is 5.91 Å². The number of nitrogens with two attached hydrogens (primary N) is 1. The molecule has 2 atom stereocenters. The molecular weight excluding hydrogens is 356 g/mol. The van der Waals surface area contributed by atoms with E-state index < -0.39 is 0 Å². The Morgan fingerprint density at radius 3 is 2.65 bits per heavy atom. The average molecular weight is 377 g/mol. The predicted molar refractivity (Wildman–Crippen MR) is 93.4 cm³/mol. The Hall–Kier alpha value is -1.66. The van der Waals surface area contributed by atoms with Gasteiger partial charge in [-0.1, -0.05) is 44.2 Å². The maximum atomic E-state index is 12.8. The molecule has 5 nitrogen and oxygen atoms in total. The molecule has 122 valence electrons. The van der Waals surface area contributed by atoms with Crippen molar-refractivity contribution in [3.05, 3.63) is 51.8 Å². The van der Waals surface area contributed by atoms with Crippen molar-refractivity contribution in [3.63, 3.8) is 0 Å². The first-order valence-corrected chi connectivity index (χ1v) is 8.62. The van der Waals surface area contributed by atoms with Crippen molar-refractivity contribution in [2.45, 2.75) is 31.7 Å². The molecule has 0 unspecified atom stereocenters. The Kier molecular flexibility index (Phi) is 4.55. The van der Waals surface area contributed by atoms with Crippen molar-refractivity contribution in [1.29, 1.82) is 0 Å². The molecule has 1 aliphatic heterocycles. The number of nitrogens with one attached hydrogen (secondary N) is 1. The van der Waals surface area contributed by atoms with Crippen LogP contribution in [0, 0.1) is 0 Å². The summed E-state index contributed by atoms with van der Waals surface area (Å²) in [6.07, 6.45) is 0. The highest BCUT2D eigenvalue weighted by molar-refractivity contribution is 9.10. The van der Waals surface area contributed by atoms with Gasteiger partial charge in [0, 0.05) is 25.0 Å². The van der Waals surface area contributed by atoms with Crippen LogP contribution in [0.25, 0.3) is 0 Å². The maximum absolute atomic E-state index is 12.8. The van der Waals surface area contributed by atoms with E-state index in [2.05, 4.69) is 52.1 Å². The van der Waals surface area contributed by atoms with Gasteiger partial charge in [-0.15, -0.1) is 0 Å². The van der Waals surface area contributed by atoms with Crippen molar-refractivity contribution in [2.75, 3.05) is 13.1 Å². The number of amides is 1. The van der Waals surface area contributed by atoms with Crippen LogP contribution in [0.3, 0.4) is 0 Å². The van der Waals surface area contributed by atoms with E-state index in [4.69, 9.17) is 5.73 Å². The van der Waals surface area contributed by atoms with Crippen LogP contribution in [0.15, 0.2) is 34.8 Å². The molecule has 0 bridgehead atoms. The van der Waals surface area contributed by atoms with Gasteiger partial charge in [-0.05, 0) is 27.4 Å². The van der Waals surface area contributed by atoms with Gasteiger partial charge in [0.05, 0.1) is 10.2 Å². The van der Waals surface area contributed by atoms with E-state index in [1.807, 2.05) is 18.2 Å². The standard InChI is InChI=1S/C17H21BrN4O/c1-10(2)15-14(18)16(21-20-15)17(23)22-8-12(13(19)9-22)11-6-4-3-5-7-11/h3-7,10,12-13H,8-9,19H2,1-2H3,(H,20,21)/t12-,13+/m0/s1. The number of carbonyl (C=O) groups excluding carboxylic acids is 1. The van der Waals surface area contributed by atoms with E-state index in [1.165, 1.54) is 5.56 Å². The van der Waals surface area contributed by atoms with Crippen molar-refractivity contribution >= 4 is 21.8 Å². The third-order valence-electron chi connectivity index (χ3n) is 4.39. The van der Waals surface area contributed by atoms with Crippen molar-refractivity contribution in [3.8, 4) is 0 Å². The van der Waals surface area contributed by atoms with Crippen LogP contribution in [0.2, 0.25) is 0 Å². The second-order valence-corrected chi connectivity index (χ2v) is 7.14. The Bertz CT molecular complexity index is 698. The first kappa shape index (κ1) is 16.2. The van der Waals surface area contributed by atoms with E-state index in [0.717, 1.165) is 10.2 Å². The van der Waals surface area contributed by atoms with Crippen molar-refractivity contribution < 1.29 is 4.79 Å². The number of nitrogens with zero attached hydrogens (tertiary/aromatic N) is 2. The summed E-state index contributed by atoms with van der Waals surface area (Å²) in [6.45, 7) is 5.29.